The Kier molecular flexibility index (Phi) is 10.1. The fourth-order valence-corrected chi connectivity index (χ4v) is 7.40. The van der Waals surface area contributed by atoms with Gasteiger partial charge in [-0.3, -0.25) is 9.44 Å². The molecule has 21 heteroatoms. The summed E-state index contributed by atoms with van der Waals surface area (Å²) in [5.74, 6) is -4.26. The molecule has 0 bridgehead atoms. The summed E-state index contributed by atoms with van der Waals surface area (Å²) in [5, 5.41) is 0.237. The predicted molar refractivity (Wildman–Crippen MR) is 176 cm³/mol. The highest BCUT2D eigenvalue weighted by Crippen LogP contribution is 2.32. The summed E-state index contributed by atoms with van der Waals surface area (Å²) in [6.07, 6.45) is 2.26. The Morgan fingerprint density at radius 2 is 1.42 bits per heavy atom. The van der Waals surface area contributed by atoms with Crippen LogP contribution in [-0.2, 0) is 20.0 Å². The molecule has 4 heterocycles. The number of aromatic amines is 2. The first-order chi connectivity index (χ1) is 22.5. The summed E-state index contributed by atoms with van der Waals surface area (Å²) < 4.78 is 114. The second-order valence-electron chi connectivity index (χ2n) is 9.39. The molecule has 2 aromatic carbocycles. The second-order valence-corrected chi connectivity index (χ2v) is 14.7. The van der Waals surface area contributed by atoms with Crippen LogP contribution in [0.1, 0.15) is 0 Å². The summed E-state index contributed by atoms with van der Waals surface area (Å²) in [5.41, 5.74) is -0.322. The fraction of sp³-hybridized carbons (Fsp3) is 0.0370. The van der Waals surface area contributed by atoms with Gasteiger partial charge in [-0.05, 0) is 46.3 Å². The third-order valence-electron chi connectivity index (χ3n) is 6.33. The Hall–Kier alpha value is -3.81. The van der Waals surface area contributed by atoms with Crippen LogP contribution in [0.3, 0.4) is 0 Å². The number of rotatable bonds is 7. The van der Waals surface area contributed by atoms with E-state index in [0.717, 1.165) is 24.4 Å². The Bertz CT molecular complexity index is 2450. The standard InChI is InChI=1S/C14H9Cl2F2N3O3S.C13H7BrClF2N3O2S/c1-24-14-8(16)4-9(17)13(20-14)21-25(22,23)10-5-19-12-6(10)2-3-7(15)11(12)18;14-7-3-9(17)10(4-8(7)16)20-23(21,22)11-5-18-13-6(11)1-2-12(15)19-13/h2-5,19H,1H3,(H,20,21);1-5,20H,(H,18,19). The number of nitrogens with one attached hydrogen (secondary N) is 4. The molecule has 0 amide bonds. The molecule has 6 rings (SSSR count). The number of hydrogen-bond acceptors (Lipinski definition) is 7. The number of fused-ring (bicyclic) bond motifs is 2. The molecule has 6 aromatic rings. The molecular formula is C27H16BrCl3F4N6O5S2. The van der Waals surface area contributed by atoms with Crippen LogP contribution in [0.15, 0.2) is 69.1 Å². The van der Waals surface area contributed by atoms with Gasteiger partial charge in [-0.1, -0.05) is 34.8 Å². The van der Waals surface area contributed by atoms with Crippen molar-refractivity contribution in [3.8, 4) is 5.88 Å². The molecule has 252 valence electrons. The number of halogens is 8. The number of H-pyrrole nitrogens is 2. The minimum Gasteiger partial charge on any atom is -0.480 e. The summed E-state index contributed by atoms with van der Waals surface area (Å²) >= 11 is 19.9. The van der Waals surface area contributed by atoms with Gasteiger partial charge in [-0.15, -0.1) is 0 Å². The van der Waals surface area contributed by atoms with Gasteiger partial charge in [-0.2, -0.15) is 4.98 Å². The number of aromatic nitrogens is 4. The van der Waals surface area contributed by atoms with Crippen LogP contribution in [0.4, 0.5) is 29.1 Å². The van der Waals surface area contributed by atoms with Crippen LogP contribution in [0.5, 0.6) is 5.88 Å². The molecular weight excluding hydrogens is 815 g/mol. The lowest BCUT2D eigenvalue weighted by atomic mass is 10.2. The SMILES string of the molecule is COc1nc(NS(=O)(=O)c2c[nH]c3c(F)c(Cl)ccc23)c(F)cc1Cl.O=S(=O)(Nc1cc(F)c(Br)cc1F)c1c[nH]c2nc(Cl)ccc12. The van der Waals surface area contributed by atoms with E-state index in [-0.39, 0.29) is 57.3 Å². The lowest BCUT2D eigenvalue weighted by Gasteiger charge is -2.10. The maximum absolute atomic E-state index is 14.0. The van der Waals surface area contributed by atoms with Gasteiger partial charge in [0.25, 0.3) is 20.0 Å². The lowest BCUT2D eigenvalue weighted by Crippen LogP contribution is -2.15. The average molecular weight is 831 g/mol. The largest absolute Gasteiger partial charge is 0.480 e. The monoisotopic (exact) mass is 828 g/mol. The Morgan fingerprint density at radius 3 is 2.12 bits per heavy atom. The van der Waals surface area contributed by atoms with Crippen molar-refractivity contribution in [2.45, 2.75) is 9.79 Å². The Morgan fingerprint density at radius 1 is 0.771 bits per heavy atom. The highest BCUT2D eigenvalue weighted by molar-refractivity contribution is 9.10. The van der Waals surface area contributed by atoms with Gasteiger partial charge < -0.3 is 14.7 Å². The smallest absolute Gasteiger partial charge is 0.265 e. The quantitative estimate of drug-likeness (QED) is 0.0721. The van der Waals surface area contributed by atoms with Crippen molar-refractivity contribution in [2.24, 2.45) is 0 Å². The number of methoxy groups -OCH3 is 1. The van der Waals surface area contributed by atoms with Crippen molar-refractivity contribution < 1.29 is 39.1 Å². The van der Waals surface area contributed by atoms with Crippen LogP contribution >= 0.6 is 50.7 Å². The molecule has 0 unspecified atom stereocenters. The van der Waals surface area contributed by atoms with Crippen molar-refractivity contribution >= 4 is 104 Å². The van der Waals surface area contributed by atoms with Crippen molar-refractivity contribution in [1.82, 2.24) is 19.9 Å². The minimum atomic E-state index is -4.28. The van der Waals surface area contributed by atoms with Crippen LogP contribution < -0.4 is 14.2 Å². The Labute approximate surface area is 291 Å². The molecule has 0 saturated carbocycles. The van der Waals surface area contributed by atoms with Crippen LogP contribution in [0, 0.1) is 23.3 Å². The molecule has 4 N–H and O–H groups in total. The third kappa shape index (κ3) is 7.13. The molecule has 0 radical (unpaired) electrons. The molecule has 11 nitrogen and oxygen atoms in total. The molecule has 0 spiro atoms. The molecule has 0 atom stereocenters. The van der Waals surface area contributed by atoms with E-state index in [1.54, 1.807) is 0 Å². The molecule has 0 fully saturated rings. The van der Waals surface area contributed by atoms with Gasteiger partial charge in [0.1, 0.15) is 37.2 Å². The van der Waals surface area contributed by atoms with E-state index in [0.29, 0.717) is 0 Å². The lowest BCUT2D eigenvalue weighted by molar-refractivity contribution is 0.397. The first-order valence-electron chi connectivity index (χ1n) is 12.7. The first-order valence-corrected chi connectivity index (χ1v) is 17.6. The van der Waals surface area contributed by atoms with Gasteiger partial charge in [-0.25, -0.2) is 39.4 Å². The number of ether oxygens (including phenoxy) is 1. The topological polar surface area (TPSA) is 159 Å². The van der Waals surface area contributed by atoms with Crippen molar-refractivity contribution in [2.75, 3.05) is 16.6 Å². The van der Waals surface area contributed by atoms with E-state index in [1.807, 2.05) is 9.44 Å². The van der Waals surface area contributed by atoms with E-state index >= 15 is 0 Å². The van der Waals surface area contributed by atoms with Crippen LogP contribution in [0.25, 0.3) is 21.9 Å². The van der Waals surface area contributed by atoms with Gasteiger partial charge >= 0.3 is 0 Å². The number of hydrogen-bond donors (Lipinski definition) is 4. The van der Waals surface area contributed by atoms with Crippen molar-refractivity contribution in [3.05, 3.63) is 97.8 Å². The Balaban J connectivity index is 0.000000188. The number of nitrogens with zero attached hydrogens (tertiary/aromatic N) is 2. The summed E-state index contributed by atoms with van der Waals surface area (Å²) in [6, 6.07) is 7.89. The second kappa shape index (κ2) is 13.6. The minimum absolute atomic E-state index is 0.0516. The van der Waals surface area contributed by atoms with Gasteiger partial charge in [0.15, 0.2) is 17.5 Å². The van der Waals surface area contributed by atoms with E-state index in [2.05, 4.69) is 35.9 Å². The molecule has 0 saturated heterocycles. The summed E-state index contributed by atoms with van der Waals surface area (Å²) in [6.45, 7) is 0. The number of sulfonamides is 2. The number of pyridine rings is 2. The molecule has 0 aliphatic carbocycles. The predicted octanol–water partition coefficient (Wildman–Crippen LogP) is 8.02. The molecule has 48 heavy (non-hydrogen) atoms. The van der Waals surface area contributed by atoms with Crippen LogP contribution in [-0.4, -0.2) is 43.9 Å². The number of benzene rings is 2. The van der Waals surface area contributed by atoms with E-state index < -0.39 is 54.8 Å². The van der Waals surface area contributed by atoms with Crippen molar-refractivity contribution in [3.63, 3.8) is 0 Å². The summed E-state index contributed by atoms with van der Waals surface area (Å²) in [4.78, 5) is 12.3. The molecule has 0 aliphatic rings. The maximum atomic E-state index is 14.0. The molecule has 4 aromatic heterocycles. The van der Waals surface area contributed by atoms with E-state index in [4.69, 9.17) is 39.5 Å². The average Bonchev–Trinajstić information content (AvgIpc) is 3.65. The highest BCUT2D eigenvalue weighted by atomic mass is 79.9. The maximum Gasteiger partial charge on any atom is 0.265 e. The zero-order valence-corrected chi connectivity index (χ0v) is 29.0. The molecule has 0 aliphatic heterocycles. The van der Waals surface area contributed by atoms with E-state index in [9.17, 15) is 34.4 Å². The zero-order chi connectivity index (χ0) is 35.1. The van der Waals surface area contributed by atoms with Crippen LogP contribution in [0.2, 0.25) is 15.2 Å². The van der Waals surface area contributed by atoms with Gasteiger partial charge in [0.05, 0.1) is 27.8 Å². The normalized spacial score (nSPS) is 11.8. The van der Waals surface area contributed by atoms with E-state index in [1.165, 1.54) is 37.6 Å². The van der Waals surface area contributed by atoms with Gasteiger partial charge in [0, 0.05) is 35.3 Å². The first kappa shape index (κ1) is 35.5. The third-order valence-corrected chi connectivity index (χ3v) is 10.5. The number of anilines is 2. The fourth-order valence-electron chi connectivity index (χ4n) is 4.16. The zero-order valence-electron chi connectivity index (χ0n) is 23.5. The van der Waals surface area contributed by atoms with Crippen molar-refractivity contribution in [1.29, 1.82) is 0 Å². The van der Waals surface area contributed by atoms with Gasteiger partial charge in [0.2, 0.25) is 5.88 Å². The highest BCUT2D eigenvalue weighted by Gasteiger charge is 2.25. The summed E-state index contributed by atoms with van der Waals surface area (Å²) in [7, 11) is -7.18.